The largest absolute Gasteiger partial charge is 0.508 e. The second kappa shape index (κ2) is 18.0. The Kier molecular flexibility index (Phi) is 13.4. The van der Waals surface area contributed by atoms with Crippen LogP contribution >= 0.6 is 0 Å². The van der Waals surface area contributed by atoms with Gasteiger partial charge in [0.25, 0.3) is 0 Å². The molecule has 0 heterocycles. The number of phenols is 4. The smallest absolute Gasteiger partial charge is 0.160 e. The average molecular weight is 597 g/mol. The Morgan fingerprint density at radius 1 is 0.500 bits per heavy atom. The van der Waals surface area contributed by atoms with Crippen molar-refractivity contribution in [1.82, 2.24) is 10.2 Å². The van der Waals surface area contributed by atoms with Crippen LogP contribution in [0.2, 0.25) is 0 Å². The number of hydrogen-bond acceptors (Lipinski definition) is 6. The molecule has 44 heavy (non-hydrogen) atoms. The van der Waals surface area contributed by atoms with Crippen LogP contribution in [-0.4, -0.2) is 58.0 Å². The van der Waals surface area contributed by atoms with Gasteiger partial charge in [0.05, 0.1) is 0 Å². The van der Waals surface area contributed by atoms with Gasteiger partial charge in [-0.1, -0.05) is 73.5 Å². The number of phenolic OH excluding ortho intramolecular Hbond substituents is 4. The topological polar surface area (TPSA) is 96.2 Å². The summed E-state index contributed by atoms with van der Waals surface area (Å²) in [6, 6.07) is 28.9. The minimum absolute atomic E-state index is 0.0384. The molecule has 0 bridgehead atoms. The monoisotopic (exact) mass is 596 g/mol. The lowest BCUT2D eigenvalue weighted by Crippen LogP contribution is -2.29. The summed E-state index contributed by atoms with van der Waals surface area (Å²) in [5.41, 5.74) is 5.44. The third-order valence-corrected chi connectivity index (χ3v) is 8.29. The Hall–Kier alpha value is -4.00. The van der Waals surface area contributed by atoms with E-state index in [1.165, 1.54) is 30.4 Å². The lowest BCUT2D eigenvalue weighted by atomic mass is 9.96. The fraction of sp³-hybridized carbons (Fsp3) is 0.368. The van der Waals surface area contributed by atoms with Crippen molar-refractivity contribution >= 4 is 0 Å². The van der Waals surface area contributed by atoms with Crippen molar-refractivity contribution in [2.45, 2.75) is 57.8 Å². The summed E-state index contributed by atoms with van der Waals surface area (Å²) in [6.45, 7) is 4.93. The highest BCUT2D eigenvalue weighted by atomic mass is 16.3. The van der Waals surface area contributed by atoms with E-state index in [0.29, 0.717) is 18.6 Å². The second-order valence-electron chi connectivity index (χ2n) is 11.6. The maximum atomic E-state index is 10.5. The minimum atomic E-state index is -0.0911. The van der Waals surface area contributed by atoms with Gasteiger partial charge >= 0.3 is 0 Å². The molecule has 0 spiro atoms. The molecule has 6 nitrogen and oxygen atoms in total. The summed E-state index contributed by atoms with van der Waals surface area (Å²) < 4.78 is 0. The van der Waals surface area contributed by atoms with Gasteiger partial charge < -0.3 is 30.6 Å². The molecule has 0 aliphatic carbocycles. The number of aromatic hydroxyl groups is 4. The number of benzene rings is 4. The van der Waals surface area contributed by atoms with Crippen LogP contribution in [-0.2, 0) is 32.1 Å². The van der Waals surface area contributed by atoms with E-state index in [2.05, 4.69) is 40.5 Å². The van der Waals surface area contributed by atoms with E-state index in [1.54, 1.807) is 30.3 Å². The van der Waals surface area contributed by atoms with Gasteiger partial charge in [-0.25, -0.2) is 0 Å². The molecule has 0 fully saturated rings. The number of nitrogens with one attached hydrogen (secondary N) is 1. The molecule has 6 heteroatoms. The zero-order valence-corrected chi connectivity index (χ0v) is 25.8. The van der Waals surface area contributed by atoms with Gasteiger partial charge in [0.2, 0.25) is 0 Å². The first-order valence-corrected chi connectivity index (χ1v) is 16.0. The van der Waals surface area contributed by atoms with E-state index >= 15 is 0 Å². The number of hydrogen-bond donors (Lipinski definition) is 5. The van der Waals surface area contributed by atoms with Gasteiger partial charge in [-0.3, -0.25) is 0 Å². The Morgan fingerprint density at radius 2 is 1.20 bits per heavy atom. The quantitative estimate of drug-likeness (QED) is 0.0606. The van der Waals surface area contributed by atoms with Crippen LogP contribution in [0.25, 0.3) is 0 Å². The number of nitrogens with zero attached hydrogens (tertiary/aromatic N) is 1. The molecule has 0 aliphatic heterocycles. The first-order chi connectivity index (χ1) is 21.5. The number of unbranched alkanes of at least 4 members (excludes halogenated alkanes) is 3. The van der Waals surface area contributed by atoms with Crippen LogP contribution in [0.3, 0.4) is 0 Å². The van der Waals surface area contributed by atoms with Gasteiger partial charge in [-0.2, -0.15) is 0 Å². The molecule has 4 rings (SSSR count). The third-order valence-electron chi connectivity index (χ3n) is 8.29. The molecule has 0 saturated carbocycles. The molecule has 0 atom stereocenters. The highest BCUT2D eigenvalue weighted by molar-refractivity contribution is 5.49. The van der Waals surface area contributed by atoms with Crippen molar-refractivity contribution in [3.05, 3.63) is 119 Å². The summed E-state index contributed by atoms with van der Waals surface area (Å²) in [7, 11) is 0. The van der Waals surface area contributed by atoms with Gasteiger partial charge in [0, 0.05) is 18.7 Å². The molecule has 0 amide bonds. The van der Waals surface area contributed by atoms with Gasteiger partial charge in [0.1, 0.15) is 11.5 Å². The first kappa shape index (κ1) is 32.9. The van der Waals surface area contributed by atoms with Crippen LogP contribution in [0.5, 0.6) is 23.0 Å². The van der Waals surface area contributed by atoms with E-state index < -0.39 is 0 Å². The maximum Gasteiger partial charge on any atom is 0.160 e. The molecule has 4 aromatic carbocycles. The Morgan fingerprint density at radius 3 is 1.95 bits per heavy atom. The Bertz CT molecular complexity index is 1390. The van der Waals surface area contributed by atoms with E-state index in [1.807, 2.05) is 30.3 Å². The van der Waals surface area contributed by atoms with Gasteiger partial charge in [0.15, 0.2) is 11.5 Å². The first-order valence-electron chi connectivity index (χ1n) is 16.0. The summed E-state index contributed by atoms with van der Waals surface area (Å²) in [5.74, 6) is 0.420. The van der Waals surface area contributed by atoms with Crippen molar-refractivity contribution in [2.24, 2.45) is 0 Å². The summed E-state index contributed by atoms with van der Waals surface area (Å²) in [6.07, 6.45) is 8.78. The van der Waals surface area contributed by atoms with Crippen LogP contribution < -0.4 is 5.32 Å². The lowest BCUT2D eigenvalue weighted by Gasteiger charge is -2.22. The standard InChI is InChI=1S/C38H48N2O4/c41-34-17-13-31(14-18-34)23-28-40(27-22-30-9-4-3-5-10-30)26-7-2-1-6-24-39-25-21-33-16-20-37(43)38(44)36(33)19-15-32-11-8-12-35(42)29-32/h3-5,8-14,16-18,20,29,39,41-44H,1-2,6-7,15,19,21-28H2. The Labute approximate surface area is 262 Å². The van der Waals surface area contributed by atoms with Crippen molar-refractivity contribution in [2.75, 3.05) is 32.7 Å². The predicted molar refractivity (Wildman–Crippen MR) is 179 cm³/mol. The molecule has 0 aliphatic rings. The molecule has 0 unspecified atom stereocenters. The molecule has 0 radical (unpaired) electrons. The third kappa shape index (κ3) is 11.3. The summed E-state index contributed by atoms with van der Waals surface area (Å²) in [5, 5.41) is 43.5. The number of aryl methyl sites for hydroxylation is 1. The van der Waals surface area contributed by atoms with Gasteiger partial charge in [-0.15, -0.1) is 0 Å². The van der Waals surface area contributed by atoms with E-state index in [0.717, 1.165) is 75.1 Å². The maximum absolute atomic E-state index is 10.5. The number of rotatable bonds is 19. The zero-order valence-electron chi connectivity index (χ0n) is 25.8. The van der Waals surface area contributed by atoms with Crippen molar-refractivity contribution < 1.29 is 20.4 Å². The lowest BCUT2D eigenvalue weighted by molar-refractivity contribution is 0.273. The molecular formula is C38H48N2O4. The fourth-order valence-corrected chi connectivity index (χ4v) is 5.66. The van der Waals surface area contributed by atoms with Crippen LogP contribution in [0, 0.1) is 0 Å². The van der Waals surface area contributed by atoms with E-state index in [4.69, 9.17) is 0 Å². The second-order valence-corrected chi connectivity index (χ2v) is 11.6. The molecule has 234 valence electrons. The van der Waals surface area contributed by atoms with Crippen LogP contribution in [0.4, 0.5) is 0 Å². The highest BCUT2D eigenvalue weighted by Gasteiger charge is 2.13. The molecular weight excluding hydrogens is 548 g/mol. The van der Waals surface area contributed by atoms with Crippen molar-refractivity contribution in [3.8, 4) is 23.0 Å². The molecule has 5 N–H and O–H groups in total. The average Bonchev–Trinajstić information content (AvgIpc) is 3.03. The van der Waals surface area contributed by atoms with E-state index in [-0.39, 0.29) is 17.2 Å². The fourth-order valence-electron chi connectivity index (χ4n) is 5.66. The Balaban J connectivity index is 1.14. The molecule has 0 aromatic heterocycles. The van der Waals surface area contributed by atoms with Crippen LogP contribution in [0.15, 0.2) is 91.0 Å². The van der Waals surface area contributed by atoms with Crippen LogP contribution in [0.1, 0.15) is 53.5 Å². The normalized spacial score (nSPS) is 11.3. The zero-order chi connectivity index (χ0) is 31.0. The van der Waals surface area contributed by atoms with Gasteiger partial charge in [-0.05, 0) is 117 Å². The van der Waals surface area contributed by atoms with Crippen molar-refractivity contribution in [3.63, 3.8) is 0 Å². The SMILES string of the molecule is Oc1ccc(CCN(CCCCCCNCCc2ccc(O)c(O)c2CCc2cccc(O)c2)CCc2ccccc2)cc1. The van der Waals surface area contributed by atoms with E-state index in [9.17, 15) is 20.4 Å². The summed E-state index contributed by atoms with van der Waals surface area (Å²) in [4.78, 5) is 2.57. The predicted octanol–water partition coefficient (Wildman–Crippen LogP) is 6.77. The minimum Gasteiger partial charge on any atom is -0.508 e. The van der Waals surface area contributed by atoms with Crippen molar-refractivity contribution in [1.29, 1.82) is 0 Å². The molecule has 4 aromatic rings. The summed E-state index contributed by atoms with van der Waals surface area (Å²) >= 11 is 0. The highest BCUT2D eigenvalue weighted by Crippen LogP contribution is 2.33. The molecule has 0 saturated heterocycles.